The highest BCUT2D eigenvalue weighted by Crippen LogP contribution is 2.32. The van der Waals surface area contributed by atoms with Gasteiger partial charge in [-0.3, -0.25) is 9.69 Å². The summed E-state index contributed by atoms with van der Waals surface area (Å²) in [5.74, 6) is 2.00. The molecule has 1 heterocycles. The van der Waals surface area contributed by atoms with E-state index in [2.05, 4.69) is 10.2 Å². The summed E-state index contributed by atoms with van der Waals surface area (Å²) in [5, 5.41) is 9.45. The van der Waals surface area contributed by atoms with E-state index in [1.807, 2.05) is 109 Å². The molecule has 0 atom stereocenters. The third-order valence-corrected chi connectivity index (χ3v) is 7.06. The van der Waals surface area contributed by atoms with Crippen LogP contribution in [0, 0.1) is 0 Å². The van der Waals surface area contributed by atoms with Gasteiger partial charge in [-0.05, 0) is 72.8 Å². The van der Waals surface area contributed by atoms with Gasteiger partial charge >= 0.3 is 0 Å². The summed E-state index contributed by atoms with van der Waals surface area (Å²) in [4.78, 5) is 20.0. The van der Waals surface area contributed by atoms with Gasteiger partial charge in [0.1, 0.15) is 22.9 Å². The Morgan fingerprint density at radius 2 is 1.18 bits per heavy atom. The molecular formula is C32H28N4O3S. The maximum Gasteiger partial charge on any atom is 0.232 e. The topological polar surface area (TPSA) is 77.4 Å². The molecule has 0 aliphatic rings. The van der Waals surface area contributed by atoms with Gasteiger partial charge in [-0.2, -0.15) is 0 Å². The lowest BCUT2D eigenvalue weighted by atomic mass is 10.0. The van der Waals surface area contributed by atoms with Crippen LogP contribution in [-0.4, -0.2) is 41.1 Å². The third-order valence-electron chi connectivity index (χ3n) is 6.22. The van der Waals surface area contributed by atoms with Crippen LogP contribution in [0.4, 0.5) is 11.4 Å². The average molecular weight is 549 g/mol. The number of thioether (sulfide) groups is 1. The minimum absolute atomic E-state index is 0.0110. The first-order valence-corrected chi connectivity index (χ1v) is 13.7. The smallest absolute Gasteiger partial charge is 0.232 e. The van der Waals surface area contributed by atoms with Gasteiger partial charge in [-0.15, -0.1) is 10.2 Å². The number of methoxy groups -OCH3 is 2. The molecule has 5 aromatic rings. The quantitative estimate of drug-likeness (QED) is 0.173. The van der Waals surface area contributed by atoms with E-state index in [0.717, 1.165) is 34.0 Å². The Hall–Kier alpha value is -4.69. The number of carbonyl (C=O) groups is 1. The Morgan fingerprint density at radius 3 is 1.68 bits per heavy atom. The Morgan fingerprint density at radius 1 is 0.675 bits per heavy atom. The van der Waals surface area contributed by atoms with Crippen molar-refractivity contribution >= 4 is 29.0 Å². The van der Waals surface area contributed by atoms with Gasteiger partial charge in [0.2, 0.25) is 11.1 Å². The molecule has 0 saturated heterocycles. The van der Waals surface area contributed by atoms with Gasteiger partial charge in [-0.25, -0.2) is 4.98 Å². The zero-order valence-corrected chi connectivity index (χ0v) is 23.0. The Kier molecular flexibility index (Phi) is 8.68. The first kappa shape index (κ1) is 26.9. The number of nitrogens with zero attached hydrogens (tertiary/aromatic N) is 4. The summed E-state index contributed by atoms with van der Waals surface area (Å²) < 4.78 is 10.6. The van der Waals surface area contributed by atoms with E-state index < -0.39 is 0 Å². The molecule has 40 heavy (non-hydrogen) atoms. The molecule has 0 spiro atoms. The predicted molar refractivity (Wildman–Crippen MR) is 159 cm³/mol. The molecule has 4 aromatic carbocycles. The van der Waals surface area contributed by atoms with Gasteiger partial charge in [0.15, 0.2) is 0 Å². The van der Waals surface area contributed by atoms with Gasteiger partial charge < -0.3 is 9.47 Å². The summed E-state index contributed by atoms with van der Waals surface area (Å²) in [6.45, 7) is 0. The maximum atomic E-state index is 13.4. The van der Waals surface area contributed by atoms with Crippen LogP contribution in [0.15, 0.2) is 114 Å². The molecule has 0 unspecified atom stereocenters. The predicted octanol–water partition coefficient (Wildman–Crippen LogP) is 7.07. The fourth-order valence-electron chi connectivity index (χ4n) is 4.20. The maximum absolute atomic E-state index is 13.4. The summed E-state index contributed by atoms with van der Waals surface area (Å²) in [5.41, 5.74) is 4.78. The van der Waals surface area contributed by atoms with Crippen LogP contribution < -0.4 is 14.4 Å². The minimum atomic E-state index is -0.0110. The molecule has 0 aliphatic carbocycles. The van der Waals surface area contributed by atoms with Crippen LogP contribution in [0.3, 0.4) is 0 Å². The molecule has 0 radical (unpaired) electrons. The first-order valence-electron chi connectivity index (χ1n) is 12.8. The number of rotatable bonds is 10. The second-order valence-corrected chi connectivity index (χ2v) is 9.81. The molecule has 0 N–H and O–H groups in total. The number of aromatic nitrogens is 3. The highest BCUT2D eigenvalue weighted by Gasteiger charge is 2.19. The van der Waals surface area contributed by atoms with Gasteiger partial charge in [0.05, 0.1) is 14.2 Å². The monoisotopic (exact) mass is 548 g/mol. The highest BCUT2D eigenvalue weighted by atomic mass is 32.2. The number of benzene rings is 4. The van der Waals surface area contributed by atoms with Crippen LogP contribution in [0.25, 0.3) is 22.5 Å². The van der Waals surface area contributed by atoms with E-state index in [1.165, 1.54) is 11.8 Å². The number of hydrogen-bond acceptors (Lipinski definition) is 7. The lowest BCUT2D eigenvalue weighted by molar-refractivity contribution is -0.117. The van der Waals surface area contributed by atoms with E-state index in [0.29, 0.717) is 28.7 Å². The van der Waals surface area contributed by atoms with Gasteiger partial charge in [0.25, 0.3) is 0 Å². The second-order valence-electron chi connectivity index (χ2n) is 8.75. The van der Waals surface area contributed by atoms with E-state index in [1.54, 1.807) is 19.1 Å². The molecule has 1 aromatic heterocycles. The largest absolute Gasteiger partial charge is 0.497 e. The van der Waals surface area contributed by atoms with E-state index in [9.17, 15) is 4.79 Å². The van der Waals surface area contributed by atoms with Crippen molar-refractivity contribution in [1.82, 2.24) is 15.2 Å². The summed E-state index contributed by atoms with van der Waals surface area (Å²) in [6.07, 6.45) is 0.302. The van der Waals surface area contributed by atoms with Crippen LogP contribution in [-0.2, 0) is 4.79 Å². The van der Waals surface area contributed by atoms with Crippen LogP contribution >= 0.6 is 11.8 Å². The zero-order chi connectivity index (χ0) is 27.7. The number of hydrogen-bond donors (Lipinski definition) is 0. The molecule has 1 amide bonds. The van der Waals surface area contributed by atoms with Crippen molar-refractivity contribution in [3.8, 4) is 34.0 Å². The summed E-state index contributed by atoms with van der Waals surface area (Å²) in [7, 11) is 3.27. The molecule has 5 rings (SSSR count). The molecule has 0 aliphatic heterocycles. The molecule has 8 heteroatoms. The molecule has 200 valence electrons. The standard InChI is InChI=1S/C32H28N4O3S/c1-38-27-17-13-23(14-18-27)30-31(24-15-19-28(39-2)20-16-24)34-35-32(33-30)40-22-21-29(37)36(25-9-5-3-6-10-25)26-11-7-4-8-12-26/h3-20H,21-22H2,1-2H3. The Balaban J connectivity index is 1.37. The lowest BCUT2D eigenvalue weighted by Crippen LogP contribution is -2.26. The Labute approximate surface area is 237 Å². The van der Waals surface area contributed by atoms with E-state index >= 15 is 0 Å². The molecule has 7 nitrogen and oxygen atoms in total. The highest BCUT2D eigenvalue weighted by molar-refractivity contribution is 7.99. The van der Waals surface area contributed by atoms with Crippen molar-refractivity contribution in [3.05, 3.63) is 109 Å². The van der Waals surface area contributed by atoms with Crippen molar-refractivity contribution in [2.24, 2.45) is 0 Å². The summed E-state index contributed by atoms with van der Waals surface area (Å²) >= 11 is 1.41. The van der Waals surface area contributed by atoms with Crippen molar-refractivity contribution in [2.75, 3.05) is 24.9 Å². The van der Waals surface area contributed by atoms with Crippen molar-refractivity contribution in [2.45, 2.75) is 11.6 Å². The normalized spacial score (nSPS) is 10.7. The number of para-hydroxylation sites is 2. The number of anilines is 2. The SMILES string of the molecule is COc1ccc(-c2nnc(SCCC(=O)N(c3ccccc3)c3ccccc3)nc2-c2ccc(OC)cc2)cc1. The minimum Gasteiger partial charge on any atom is -0.497 e. The van der Waals surface area contributed by atoms with Gasteiger partial charge in [0, 0.05) is 34.7 Å². The summed E-state index contributed by atoms with van der Waals surface area (Å²) in [6, 6.07) is 34.6. The van der Waals surface area contributed by atoms with Crippen molar-refractivity contribution < 1.29 is 14.3 Å². The molecule has 0 fully saturated rings. The molecule has 0 saturated carbocycles. The van der Waals surface area contributed by atoms with Crippen molar-refractivity contribution in [1.29, 1.82) is 0 Å². The number of ether oxygens (including phenoxy) is 2. The number of carbonyl (C=O) groups excluding carboxylic acids is 1. The van der Waals surface area contributed by atoms with Crippen LogP contribution in [0.1, 0.15) is 6.42 Å². The van der Waals surface area contributed by atoms with E-state index in [4.69, 9.17) is 14.5 Å². The van der Waals surface area contributed by atoms with Crippen LogP contribution in [0.2, 0.25) is 0 Å². The van der Waals surface area contributed by atoms with Crippen LogP contribution in [0.5, 0.6) is 11.5 Å². The van der Waals surface area contributed by atoms with Crippen molar-refractivity contribution in [3.63, 3.8) is 0 Å². The zero-order valence-electron chi connectivity index (χ0n) is 22.2. The lowest BCUT2D eigenvalue weighted by Gasteiger charge is -2.23. The first-order chi connectivity index (χ1) is 19.7. The molecule has 0 bridgehead atoms. The van der Waals surface area contributed by atoms with Gasteiger partial charge in [-0.1, -0.05) is 48.2 Å². The second kappa shape index (κ2) is 12.9. The fourth-order valence-corrected chi connectivity index (χ4v) is 4.91. The number of amides is 1. The third kappa shape index (κ3) is 6.30. The average Bonchev–Trinajstić information content (AvgIpc) is 3.02. The molecular weight excluding hydrogens is 520 g/mol. The van der Waals surface area contributed by atoms with E-state index in [-0.39, 0.29) is 5.91 Å². The Bertz CT molecular complexity index is 1510. The fraction of sp³-hybridized carbons (Fsp3) is 0.125.